The van der Waals surface area contributed by atoms with Gasteiger partial charge in [0, 0.05) is 0 Å². The first-order valence-electron chi connectivity index (χ1n) is 3.05. The van der Waals surface area contributed by atoms with Crippen LogP contribution < -0.4 is 0 Å². The quantitative estimate of drug-likeness (QED) is 0.496. The predicted molar refractivity (Wildman–Crippen MR) is 36.8 cm³/mol. The summed E-state index contributed by atoms with van der Waals surface area (Å²) in [6.45, 7) is -0.382. The Morgan fingerprint density at radius 2 is 1.60 bits per heavy atom. The normalized spacial score (nSPS) is 18.2. The molecule has 0 heterocycles. The van der Waals surface area contributed by atoms with Gasteiger partial charge in [0.2, 0.25) is 0 Å². The van der Waals surface area contributed by atoms with Gasteiger partial charge < -0.3 is 10.2 Å². The second-order valence-corrected chi connectivity index (χ2v) is 2.18. The maximum atomic E-state index is 8.78. The minimum Gasteiger partial charge on any atom is -0.394 e. The Bertz CT molecular complexity index is 207. The van der Waals surface area contributed by atoms with Crippen molar-refractivity contribution < 1.29 is 10.2 Å². The fraction of sp³-hybridized carbons (Fsp3) is 0.500. The third kappa shape index (κ3) is 1.14. The third-order valence-electron chi connectivity index (χ3n) is 1.37. The lowest BCUT2D eigenvalue weighted by atomic mass is 9.90. The monoisotopic (exact) mass is 136 g/mol. The Hall–Kier alpha value is -0.960. The van der Waals surface area contributed by atoms with E-state index in [1.807, 2.05) is 0 Å². The summed E-state index contributed by atoms with van der Waals surface area (Å²) in [6, 6.07) is 0. The van der Waals surface area contributed by atoms with Crippen molar-refractivity contribution in [2.75, 3.05) is 13.2 Å². The number of hydrogen-bond donors (Lipinski definition) is 2. The zero-order valence-electron chi connectivity index (χ0n) is 5.52. The van der Waals surface area contributed by atoms with Gasteiger partial charge in [-0.1, -0.05) is 23.7 Å². The number of aliphatic hydroxyl groups excluding tert-OH is 2. The molecular weight excluding hydrogens is 128 g/mol. The fourth-order valence-corrected chi connectivity index (χ4v) is 0.710. The van der Waals surface area contributed by atoms with Crippen LogP contribution in [0.3, 0.4) is 0 Å². The third-order valence-corrected chi connectivity index (χ3v) is 1.37. The molecule has 0 amide bonds. The second kappa shape index (κ2) is 2.75. The standard InChI is InChI=1S/C8H8O2/c9-6-8(7-10)4-2-1-3-5-8/h9-10H,1,6-7H2. The maximum Gasteiger partial charge on any atom is 0.138 e. The highest BCUT2D eigenvalue weighted by atomic mass is 16.3. The summed E-state index contributed by atoms with van der Waals surface area (Å²) >= 11 is 0. The van der Waals surface area contributed by atoms with E-state index in [2.05, 4.69) is 23.7 Å². The molecule has 0 spiro atoms. The predicted octanol–water partition coefficient (Wildman–Crippen LogP) is -0.632. The lowest BCUT2D eigenvalue weighted by Gasteiger charge is -2.16. The molecule has 1 aliphatic carbocycles. The van der Waals surface area contributed by atoms with Crippen LogP contribution in [0.25, 0.3) is 0 Å². The van der Waals surface area contributed by atoms with Crippen molar-refractivity contribution in [2.45, 2.75) is 6.42 Å². The van der Waals surface area contributed by atoms with Gasteiger partial charge >= 0.3 is 0 Å². The van der Waals surface area contributed by atoms with E-state index >= 15 is 0 Å². The van der Waals surface area contributed by atoms with E-state index in [1.54, 1.807) is 0 Å². The Morgan fingerprint density at radius 1 is 1.10 bits per heavy atom. The van der Waals surface area contributed by atoms with Crippen molar-refractivity contribution in [1.29, 1.82) is 0 Å². The maximum absolute atomic E-state index is 8.78. The zero-order chi connectivity index (χ0) is 7.45. The summed E-state index contributed by atoms with van der Waals surface area (Å²) in [5.41, 5.74) is -0.849. The number of hydrogen-bond acceptors (Lipinski definition) is 2. The van der Waals surface area contributed by atoms with Crippen molar-refractivity contribution in [1.82, 2.24) is 0 Å². The molecular formula is C8H8O2. The van der Waals surface area contributed by atoms with Crippen molar-refractivity contribution in [3.63, 3.8) is 0 Å². The molecule has 0 aromatic rings. The molecule has 10 heavy (non-hydrogen) atoms. The van der Waals surface area contributed by atoms with Gasteiger partial charge in [0.1, 0.15) is 5.41 Å². The van der Waals surface area contributed by atoms with Crippen LogP contribution in [0.4, 0.5) is 0 Å². The van der Waals surface area contributed by atoms with Gasteiger partial charge in [-0.15, -0.1) is 0 Å². The van der Waals surface area contributed by atoms with Crippen LogP contribution in [-0.4, -0.2) is 23.4 Å². The van der Waals surface area contributed by atoms with Gasteiger partial charge in [0.25, 0.3) is 0 Å². The Morgan fingerprint density at radius 3 is 1.90 bits per heavy atom. The summed E-state index contributed by atoms with van der Waals surface area (Å²) in [5.74, 6) is 10.9. The molecule has 1 rings (SSSR count). The van der Waals surface area contributed by atoms with Crippen LogP contribution in [0, 0.1) is 29.1 Å². The molecule has 0 aromatic carbocycles. The molecule has 2 heteroatoms. The molecule has 0 fully saturated rings. The van der Waals surface area contributed by atoms with Crippen molar-refractivity contribution in [3.8, 4) is 23.7 Å². The summed E-state index contributed by atoms with van der Waals surface area (Å²) in [6.07, 6.45) is 0.543. The summed E-state index contributed by atoms with van der Waals surface area (Å²) < 4.78 is 0. The highest BCUT2D eigenvalue weighted by molar-refractivity contribution is 5.33. The first kappa shape index (κ1) is 7.15. The molecule has 2 N–H and O–H groups in total. The molecule has 0 saturated heterocycles. The molecule has 0 radical (unpaired) electrons. The molecule has 1 aliphatic rings. The smallest absolute Gasteiger partial charge is 0.138 e. The Kier molecular flexibility index (Phi) is 1.97. The molecule has 52 valence electrons. The first-order valence-corrected chi connectivity index (χ1v) is 3.05. The average molecular weight is 136 g/mol. The largest absolute Gasteiger partial charge is 0.394 e. The van der Waals surface area contributed by atoms with E-state index in [1.165, 1.54) is 0 Å². The van der Waals surface area contributed by atoms with Crippen LogP contribution in [0.15, 0.2) is 0 Å². The van der Waals surface area contributed by atoms with Crippen LogP contribution >= 0.6 is 0 Å². The molecule has 0 saturated carbocycles. The zero-order valence-corrected chi connectivity index (χ0v) is 5.52. The first-order chi connectivity index (χ1) is 4.83. The minimum absolute atomic E-state index is 0.191. The molecule has 0 aromatic heterocycles. The SMILES string of the molecule is OCC1(CO)C#CCC#C1. The summed E-state index contributed by atoms with van der Waals surface area (Å²) in [4.78, 5) is 0. The molecule has 0 atom stereocenters. The second-order valence-electron chi connectivity index (χ2n) is 2.18. The Labute approximate surface area is 59.9 Å². The Balaban J connectivity index is 2.81. The van der Waals surface area contributed by atoms with Crippen molar-refractivity contribution in [3.05, 3.63) is 0 Å². The van der Waals surface area contributed by atoms with E-state index in [9.17, 15) is 0 Å². The lowest BCUT2D eigenvalue weighted by molar-refractivity contribution is 0.142. The molecule has 2 nitrogen and oxygen atoms in total. The highest BCUT2D eigenvalue weighted by Crippen LogP contribution is 2.14. The van der Waals surface area contributed by atoms with Crippen molar-refractivity contribution in [2.24, 2.45) is 5.41 Å². The summed E-state index contributed by atoms with van der Waals surface area (Å²) in [5, 5.41) is 17.6. The van der Waals surface area contributed by atoms with Gasteiger partial charge in [-0.25, -0.2) is 0 Å². The molecule has 0 unspecified atom stereocenters. The number of aliphatic hydroxyl groups is 2. The van der Waals surface area contributed by atoms with Crippen molar-refractivity contribution >= 4 is 0 Å². The molecule has 0 bridgehead atoms. The van der Waals surface area contributed by atoms with E-state index in [0.717, 1.165) is 0 Å². The van der Waals surface area contributed by atoms with Crippen LogP contribution in [0.5, 0.6) is 0 Å². The minimum atomic E-state index is -0.849. The topological polar surface area (TPSA) is 40.5 Å². The van der Waals surface area contributed by atoms with Gasteiger partial charge in [0.05, 0.1) is 19.6 Å². The average Bonchev–Trinajstić information content (AvgIpc) is 2.06. The number of rotatable bonds is 2. The van der Waals surface area contributed by atoms with E-state index in [0.29, 0.717) is 6.42 Å². The van der Waals surface area contributed by atoms with Gasteiger partial charge in [0.15, 0.2) is 0 Å². The van der Waals surface area contributed by atoms with Crippen LogP contribution in [-0.2, 0) is 0 Å². The fourth-order valence-electron chi connectivity index (χ4n) is 0.710. The molecule has 0 aliphatic heterocycles. The van der Waals surface area contributed by atoms with Gasteiger partial charge in [-0.05, 0) is 0 Å². The van der Waals surface area contributed by atoms with E-state index in [-0.39, 0.29) is 13.2 Å². The van der Waals surface area contributed by atoms with E-state index in [4.69, 9.17) is 10.2 Å². The van der Waals surface area contributed by atoms with Crippen LogP contribution in [0.2, 0.25) is 0 Å². The van der Waals surface area contributed by atoms with E-state index < -0.39 is 5.41 Å². The lowest BCUT2D eigenvalue weighted by Crippen LogP contribution is -2.27. The van der Waals surface area contributed by atoms with Gasteiger partial charge in [-0.2, -0.15) is 0 Å². The summed E-state index contributed by atoms with van der Waals surface area (Å²) in [7, 11) is 0. The highest BCUT2D eigenvalue weighted by Gasteiger charge is 2.23. The van der Waals surface area contributed by atoms with Crippen LogP contribution in [0.1, 0.15) is 6.42 Å². The van der Waals surface area contributed by atoms with Gasteiger partial charge in [-0.3, -0.25) is 0 Å².